The van der Waals surface area contributed by atoms with Crippen LogP contribution < -0.4 is 0 Å². The summed E-state index contributed by atoms with van der Waals surface area (Å²) < 4.78 is 9.53. The zero-order chi connectivity index (χ0) is 13.4. The quantitative estimate of drug-likeness (QED) is 0.435. The zero-order valence-corrected chi connectivity index (χ0v) is 10.4. The maximum Gasteiger partial charge on any atom is 0.338 e. The van der Waals surface area contributed by atoms with Crippen molar-refractivity contribution >= 4 is 11.9 Å². The summed E-state index contributed by atoms with van der Waals surface area (Å²) in [5.41, 5.74) is 0.236. The highest BCUT2D eigenvalue weighted by atomic mass is 16.6. The second-order valence-electron chi connectivity index (χ2n) is 3.63. The largest absolute Gasteiger partial charge is 0.428 e. The number of rotatable bonds is 6. The highest BCUT2D eigenvalue weighted by Gasteiger charge is 2.11. The van der Waals surface area contributed by atoms with E-state index in [1.54, 1.807) is 6.92 Å². The third-order valence-electron chi connectivity index (χ3n) is 1.83. The Bertz CT molecular complexity index is 330. The Morgan fingerprint density at radius 3 is 2.41 bits per heavy atom. The van der Waals surface area contributed by atoms with Crippen molar-refractivity contribution < 1.29 is 24.2 Å². The standard InChI is InChI=1S/C12H18O5/c1-5-10(14)6-11(17-9(4)13)7-16-12(15)8(2)3/h7,10,14H,2,5-6H2,1,3-4H3/b11-7-. The molecule has 1 N–H and O–H groups in total. The van der Waals surface area contributed by atoms with Crippen molar-refractivity contribution in [2.75, 3.05) is 0 Å². The van der Waals surface area contributed by atoms with Crippen LogP contribution in [0.4, 0.5) is 0 Å². The Hall–Kier alpha value is -1.62. The van der Waals surface area contributed by atoms with Crippen LogP contribution in [0.15, 0.2) is 24.2 Å². The fourth-order valence-electron chi connectivity index (χ4n) is 0.895. The summed E-state index contributed by atoms with van der Waals surface area (Å²) in [6.45, 7) is 7.93. The molecule has 5 heteroatoms. The van der Waals surface area contributed by atoms with E-state index in [1.165, 1.54) is 13.8 Å². The minimum atomic E-state index is -0.649. The smallest absolute Gasteiger partial charge is 0.338 e. The van der Waals surface area contributed by atoms with Gasteiger partial charge in [0.25, 0.3) is 0 Å². The van der Waals surface area contributed by atoms with Crippen molar-refractivity contribution in [1.29, 1.82) is 0 Å². The normalized spacial score (nSPS) is 12.8. The average molecular weight is 242 g/mol. The van der Waals surface area contributed by atoms with Gasteiger partial charge in [-0.25, -0.2) is 4.79 Å². The van der Waals surface area contributed by atoms with Gasteiger partial charge in [0.05, 0.1) is 6.10 Å². The molecular formula is C12H18O5. The summed E-state index contributed by atoms with van der Waals surface area (Å²) in [7, 11) is 0. The molecule has 0 bridgehead atoms. The van der Waals surface area contributed by atoms with E-state index in [-0.39, 0.29) is 17.8 Å². The minimum Gasteiger partial charge on any atom is -0.428 e. The molecule has 0 heterocycles. The summed E-state index contributed by atoms with van der Waals surface area (Å²) in [5.74, 6) is -1.03. The lowest BCUT2D eigenvalue weighted by atomic mass is 10.2. The lowest BCUT2D eigenvalue weighted by molar-refractivity contribution is -0.139. The van der Waals surface area contributed by atoms with Crippen molar-refractivity contribution in [2.24, 2.45) is 0 Å². The van der Waals surface area contributed by atoms with Gasteiger partial charge in [0, 0.05) is 18.9 Å². The van der Waals surface area contributed by atoms with Gasteiger partial charge >= 0.3 is 11.9 Å². The zero-order valence-electron chi connectivity index (χ0n) is 10.4. The molecule has 0 aliphatic rings. The van der Waals surface area contributed by atoms with Gasteiger partial charge in [0.1, 0.15) is 12.0 Å². The molecule has 0 saturated carbocycles. The van der Waals surface area contributed by atoms with Crippen LogP contribution in [0.5, 0.6) is 0 Å². The van der Waals surface area contributed by atoms with E-state index >= 15 is 0 Å². The summed E-state index contributed by atoms with van der Waals surface area (Å²) in [4.78, 5) is 21.9. The van der Waals surface area contributed by atoms with Gasteiger partial charge in [-0.05, 0) is 13.3 Å². The predicted octanol–water partition coefficient (Wildman–Crippen LogP) is 1.67. The third-order valence-corrected chi connectivity index (χ3v) is 1.83. The molecule has 1 unspecified atom stereocenters. The van der Waals surface area contributed by atoms with Gasteiger partial charge in [0.15, 0.2) is 0 Å². The number of aliphatic hydroxyl groups is 1. The molecule has 17 heavy (non-hydrogen) atoms. The number of hydrogen-bond acceptors (Lipinski definition) is 5. The third kappa shape index (κ3) is 7.30. The Kier molecular flexibility index (Phi) is 6.89. The van der Waals surface area contributed by atoms with Gasteiger partial charge in [-0.1, -0.05) is 13.5 Å². The van der Waals surface area contributed by atoms with Crippen LogP contribution in [-0.4, -0.2) is 23.1 Å². The molecule has 0 radical (unpaired) electrons. The fraction of sp³-hybridized carbons (Fsp3) is 0.500. The Balaban J connectivity index is 4.55. The topological polar surface area (TPSA) is 72.8 Å². The van der Waals surface area contributed by atoms with Gasteiger partial charge in [0.2, 0.25) is 0 Å². The molecular weight excluding hydrogens is 224 g/mol. The molecule has 0 aromatic heterocycles. The average Bonchev–Trinajstić information content (AvgIpc) is 2.24. The van der Waals surface area contributed by atoms with Crippen LogP contribution >= 0.6 is 0 Å². The summed E-state index contributed by atoms with van der Waals surface area (Å²) >= 11 is 0. The number of ether oxygens (including phenoxy) is 2. The Morgan fingerprint density at radius 2 is 2.00 bits per heavy atom. The molecule has 0 aliphatic carbocycles. The fourth-order valence-corrected chi connectivity index (χ4v) is 0.895. The predicted molar refractivity (Wildman–Crippen MR) is 61.7 cm³/mol. The molecule has 0 amide bonds. The van der Waals surface area contributed by atoms with Crippen molar-refractivity contribution in [1.82, 2.24) is 0 Å². The maximum absolute atomic E-state index is 11.1. The van der Waals surface area contributed by atoms with Crippen LogP contribution in [0.25, 0.3) is 0 Å². The van der Waals surface area contributed by atoms with E-state index in [0.717, 1.165) is 6.26 Å². The van der Waals surface area contributed by atoms with E-state index in [2.05, 4.69) is 6.58 Å². The van der Waals surface area contributed by atoms with E-state index in [4.69, 9.17) is 9.47 Å². The highest BCUT2D eigenvalue weighted by molar-refractivity contribution is 5.87. The molecule has 96 valence electrons. The molecule has 5 nitrogen and oxygen atoms in total. The lowest BCUT2D eigenvalue weighted by Gasteiger charge is -2.10. The van der Waals surface area contributed by atoms with Crippen LogP contribution in [0.1, 0.15) is 33.6 Å². The van der Waals surface area contributed by atoms with E-state index in [9.17, 15) is 14.7 Å². The molecule has 0 saturated heterocycles. The monoisotopic (exact) mass is 242 g/mol. The molecule has 0 aromatic rings. The first kappa shape index (κ1) is 15.4. The SMILES string of the molecule is C=C(C)C(=O)O/C=C(/CC(O)CC)OC(C)=O. The van der Waals surface area contributed by atoms with Crippen LogP contribution in [0.2, 0.25) is 0 Å². The number of hydrogen-bond donors (Lipinski definition) is 1. The summed E-state index contributed by atoms with van der Waals surface area (Å²) in [6.07, 6.45) is 0.994. The second-order valence-corrected chi connectivity index (χ2v) is 3.63. The van der Waals surface area contributed by atoms with Gasteiger partial charge in [-0.3, -0.25) is 4.79 Å². The maximum atomic E-state index is 11.1. The first-order chi connectivity index (χ1) is 7.86. The molecule has 0 rings (SSSR count). The van der Waals surface area contributed by atoms with Crippen molar-refractivity contribution in [2.45, 2.75) is 39.7 Å². The Morgan fingerprint density at radius 1 is 1.41 bits per heavy atom. The summed E-state index contributed by atoms with van der Waals surface area (Å²) in [5, 5.41) is 9.43. The van der Waals surface area contributed by atoms with E-state index in [1.807, 2.05) is 0 Å². The lowest BCUT2D eigenvalue weighted by Crippen LogP contribution is -2.11. The van der Waals surface area contributed by atoms with Crippen molar-refractivity contribution in [3.8, 4) is 0 Å². The van der Waals surface area contributed by atoms with Crippen LogP contribution in [0.3, 0.4) is 0 Å². The number of aliphatic hydroxyl groups excluding tert-OH is 1. The first-order valence-electron chi connectivity index (χ1n) is 5.28. The number of esters is 2. The second kappa shape index (κ2) is 7.62. The number of carbonyl (C=O) groups excluding carboxylic acids is 2. The van der Waals surface area contributed by atoms with Crippen molar-refractivity contribution in [3.63, 3.8) is 0 Å². The highest BCUT2D eigenvalue weighted by Crippen LogP contribution is 2.11. The van der Waals surface area contributed by atoms with E-state index < -0.39 is 18.0 Å². The molecule has 0 aliphatic heterocycles. The van der Waals surface area contributed by atoms with Gasteiger partial charge < -0.3 is 14.6 Å². The number of carbonyl (C=O) groups is 2. The minimum absolute atomic E-state index is 0.111. The Labute approximate surface area is 101 Å². The van der Waals surface area contributed by atoms with Gasteiger partial charge in [-0.2, -0.15) is 0 Å². The van der Waals surface area contributed by atoms with Crippen molar-refractivity contribution in [3.05, 3.63) is 24.2 Å². The molecule has 0 spiro atoms. The molecule has 0 fully saturated rings. The first-order valence-corrected chi connectivity index (χ1v) is 5.28. The van der Waals surface area contributed by atoms with Crippen LogP contribution in [-0.2, 0) is 19.1 Å². The van der Waals surface area contributed by atoms with E-state index in [0.29, 0.717) is 6.42 Å². The van der Waals surface area contributed by atoms with Gasteiger partial charge in [-0.15, -0.1) is 0 Å². The molecule has 0 aromatic carbocycles. The molecule has 1 atom stereocenters. The summed E-state index contributed by atoms with van der Waals surface area (Å²) in [6, 6.07) is 0. The van der Waals surface area contributed by atoms with Crippen LogP contribution in [0, 0.1) is 0 Å².